The number of hydrogen-bond acceptors (Lipinski definition) is 3. The van der Waals surface area contributed by atoms with Gasteiger partial charge in [0.2, 0.25) is 0 Å². The third-order valence-electron chi connectivity index (χ3n) is 4.70. The summed E-state index contributed by atoms with van der Waals surface area (Å²) in [5.41, 5.74) is 5.30. The number of fused-ring (bicyclic) bond motifs is 3. The number of nitrogens with zero attached hydrogens (tertiary/aromatic N) is 1. The number of benzene rings is 3. The summed E-state index contributed by atoms with van der Waals surface area (Å²) in [6, 6.07) is 23.2. The molecule has 0 aromatic heterocycles. The number of halogens is 1. The van der Waals surface area contributed by atoms with E-state index >= 15 is 0 Å². The van der Waals surface area contributed by atoms with E-state index in [0.717, 1.165) is 11.1 Å². The van der Waals surface area contributed by atoms with Gasteiger partial charge in [0.15, 0.2) is 0 Å². The van der Waals surface area contributed by atoms with Crippen LogP contribution in [0.3, 0.4) is 0 Å². The second-order valence-electron chi connectivity index (χ2n) is 6.23. The van der Waals surface area contributed by atoms with Gasteiger partial charge >= 0.3 is 6.09 Å². The molecule has 0 radical (unpaired) electrons. The molecule has 1 amide bonds. The standard InChI is InChI=1S/C22H15ClN2O2/c23-21-14(12-24)6-5-11-20(21)25-22(26)27-13-19-17-9-3-1-7-15(17)16-8-2-4-10-18(16)19/h1-11,19H,13H2,(H,25,26). The van der Waals surface area contributed by atoms with Gasteiger partial charge in [0.25, 0.3) is 0 Å². The van der Waals surface area contributed by atoms with Crippen LogP contribution in [0.2, 0.25) is 5.02 Å². The molecule has 0 spiro atoms. The van der Waals surface area contributed by atoms with Gasteiger partial charge < -0.3 is 4.74 Å². The fraction of sp³-hybridized carbons (Fsp3) is 0.0909. The van der Waals surface area contributed by atoms with Crippen LogP contribution < -0.4 is 5.32 Å². The van der Waals surface area contributed by atoms with E-state index in [0.29, 0.717) is 11.3 Å². The fourth-order valence-electron chi connectivity index (χ4n) is 3.46. The van der Waals surface area contributed by atoms with Gasteiger partial charge in [-0.25, -0.2) is 4.79 Å². The van der Waals surface area contributed by atoms with Crippen molar-refractivity contribution in [2.45, 2.75) is 5.92 Å². The Morgan fingerprint density at radius 1 is 1.00 bits per heavy atom. The minimum atomic E-state index is -0.603. The quantitative estimate of drug-likeness (QED) is 0.651. The molecular formula is C22H15ClN2O2. The molecule has 0 atom stereocenters. The van der Waals surface area contributed by atoms with Crippen molar-refractivity contribution < 1.29 is 9.53 Å². The normalized spacial score (nSPS) is 12.0. The van der Waals surface area contributed by atoms with Gasteiger partial charge in [-0.15, -0.1) is 0 Å². The van der Waals surface area contributed by atoms with Crippen LogP contribution in [0.15, 0.2) is 66.7 Å². The number of amides is 1. The Balaban J connectivity index is 1.51. The van der Waals surface area contributed by atoms with E-state index in [-0.39, 0.29) is 17.5 Å². The molecule has 3 aromatic carbocycles. The van der Waals surface area contributed by atoms with E-state index in [1.54, 1.807) is 18.2 Å². The molecule has 0 bridgehead atoms. The van der Waals surface area contributed by atoms with E-state index in [1.165, 1.54) is 11.1 Å². The largest absolute Gasteiger partial charge is 0.448 e. The van der Waals surface area contributed by atoms with E-state index < -0.39 is 6.09 Å². The lowest BCUT2D eigenvalue weighted by Gasteiger charge is -2.15. The molecule has 132 valence electrons. The molecule has 0 heterocycles. The average molecular weight is 375 g/mol. The minimum absolute atomic E-state index is 0.0101. The first kappa shape index (κ1) is 17.1. The molecule has 27 heavy (non-hydrogen) atoms. The number of hydrogen-bond donors (Lipinski definition) is 1. The summed E-state index contributed by atoms with van der Waals surface area (Å²) < 4.78 is 5.48. The van der Waals surface area contributed by atoms with Crippen LogP contribution in [-0.4, -0.2) is 12.7 Å². The van der Waals surface area contributed by atoms with Crippen LogP contribution >= 0.6 is 11.6 Å². The molecule has 3 aromatic rings. The Hall–Kier alpha value is -3.29. The maximum Gasteiger partial charge on any atom is 0.411 e. The number of nitrogens with one attached hydrogen (secondary N) is 1. The zero-order valence-corrected chi connectivity index (χ0v) is 15.0. The Morgan fingerprint density at radius 3 is 2.26 bits per heavy atom. The second-order valence-corrected chi connectivity index (χ2v) is 6.61. The van der Waals surface area contributed by atoms with Crippen molar-refractivity contribution in [2.75, 3.05) is 11.9 Å². The Kier molecular flexibility index (Phi) is 4.53. The second kappa shape index (κ2) is 7.14. The van der Waals surface area contributed by atoms with Gasteiger partial charge in [-0.05, 0) is 34.4 Å². The first-order chi connectivity index (χ1) is 13.2. The maximum absolute atomic E-state index is 12.3. The van der Waals surface area contributed by atoms with E-state index in [1.807, 2.05) is 30.3 Å². The molecule has 0 fully saturated rings. The van der Waals surface area contributed by atoms with Crippen LogP contribution in [0, 0.1) is 11.3 Å². The highest BCUT2D eigenvalue weighted by molar-refractivity contribution is 6.34. The molecule has 4 nitrogen and oxygen atoms in total. The van der Waals surface area contributed by atoms with Gasteiger partial charge in [-0.1, -0.05) is 66.2 Å². The van der Waals surface area contributed by atoms with Gasteiger partial charge in [0.05, 0.1) is 16.3 Å². The summed E-state index contributed by atoms with van der Waals surface area (Å²) in [5.74, 6) is -0.0101. The van der Waals surface area contributed by atoms with Crippen LogP contribution in [0.25, 0.3) is 11.1 Å². The van der Waals surface area contributed by atoms with Gasteiger partial charge in [0.1, 0.15) is 12.7 Å². The molecule has 0 unspecified atom stereocenters. The summed E-state index contributed by atoms with van der Waals surface area (Å²) in [7, 11) is 0. The van der Waals surface area contributed by atoms with E-state index in [2.05, 4.69) is 29.6 Å². The van der Waals surface area contributed by atoms with Crippen LogP contribution in [0.5, 0.6) is 0 Å². The third-order valence-corrected chi connectivity index (χ3v) is 5.11. The first-order valence-electron chi connectivity index (χ1n) is 8.49. The van der Waals surface area contributed by atoms with E-state index in [9.17, 15) is 4.79 Å². The smallest absolute Gasteiger partial charge is 0.411 e. The Morgan fingerprint density at radius 2 is 1.63 bits per heavy atom. The van der Waals surface area contributed by atoms with Crippen molar-refractivity contribution in [1.29, 1.82) is 5.26 Å². The van der Waals surface area contributed by atoms with Crippen molar-refractivity contribution in [1.82, 2.24) is 0 Å². The summed E-state index contributed by atoms with van der Waals surface area (Å²) in [5, 5.41) is 11.8. The van der Waals surface area contributed by atoms with Crippen LogP contribution in [0.4, 0.5) is 10.5 Å². The van der Waals surface area contributed by atoms with Crippen LogP contribution in [0.1, 0.15) is 22.6 Å². The molecular weight excluding hydrogens is 360 g/mol. The predicted octanol–water partition coefficient (Wildman–Crippen LogP) is 5.57. The van der Waals surface area contributed by atoms with Crippen molar-refractivity contribution in [3.63, 3.8) is 0 Å². The Labute approximate surface area is 162 Å². The lowest BCUT2D eigenvalue weighted by molar-refractivity contribution is 0.158. The minimum Gasteiger partial charge on any atom is -0.448 e. The zero-order valence-electron chi connectivity index (χ0n) is 14.3. The zero-order chi connectivity index (χ0) is 18.8. The predicted molar refractivity (Wildman–Crippen MR) is 105 cm³/mol. The summed E-state index contributed by atoms with van der Waals surface area (Å²) in [6.45, 7) is 0.218. The highest BCUT2D eigenvalue weighted by atomic mass is 35.5. The number of anilines is 1. The fourth-order valence-corrected chi connectivity index (χ4v) is 3.67. The number of nitriles is 1. The van der Waals surface area contributed by atoms with Crippen LogP contribution in [-0.2, 0) is 4.74 Å². The maximum atomic E-state index is 12.3. The molecule has 5 heteroatoms. The number of ether oxygens (including phenoxy) is 1. The third kappa shape index (κ3) is 3.14. The van der Waals surface area contributed by atoms with Gasteiger partial charge in [-0.2, -0.15) is 5.26 Å². The topological polar surface area (TPSA) is 62.1 Å². The highest BCUT2D eigenvalue weighted by Gasteiger charge is 2.29. The number of carbonyl (C=O) groups is 1. The summed E-state index contributed by atoms with van der Waals surface area (Å²) >= 11 is 6.12. The number of rotatable bonds is 3. The summed E-state index contributed by atoms with van der Waals surface area (Å²) in [6.07, 6.45) is -0.603. The van der Waals surface area contributed by atoms with Gasteiger partial charge in [-0.3, -0.25) is 5.32 Å². The molecule has 1 aliphatic carbocycles. The lowest BCUT2D eigenvalue weighted by atomic mass is 9.98. The molecule has 0 aliphatic heterocycles. The monoisotopic (exact) mass is 374 g/mol. The Bertz CT molecular complexity index is 1030. The molecule has 4 rings (SSSR count). The molecule has 1 N–H and O–H groups in total. The van der Waals surface area contributed by atoms with Crippen molar-refractivity contribution >= 4 is 23.4 Å². The first-order valence-corrected chi connectivity index (χ1v) is 8.87. The molecule has 0 saturated heterocycles. The summed E-state index contributed by atoms with van der Waals surface area (Å²) in [4.78, 5) is 12.3. The SMILES string of the molecule is N#Cc1cccc(NC(=O)OCC2c3ccccc3-c3ccccc32)c1Cl. The van der Waals surface area contributed by atoms with Crippen molar-refractivity contribution in [3.8, 4) is 17.2 Å². The van der Waals surface area contributed by atoms with Gasteiger partial charge in [0, 0.05) is 5.92 Å². The van der Waals surface area contributed by atoms with E-state index in [4.69, 9.17) is 21.6 Å². The lowest BCUT2D eigenvalue weighted by Crippen LogP contribution is -2.18. The molecule has 1 aliphatic rings. The van der Waals surface area contributed by atoms with Crippen molar-refractivity contribution in [3.05, 3.63) is 88.4 Å². The number of carbonyl (C=O) groups excluding carboxylic acids is 1. The molecule has 0 saturated carbocycles. The van der Waals surface area contributed by atoms with Crippen molar-refractivity contribution in [2.24, 2.45) is 0 Å². The average Bonchev–Trinajstić information content (AvgIpc) is 3.02. The highest BCUT2D eigenvalue weighted by Crippen LogP contribution is 2.44.